The predicted octanol–water partition coefficient (Wildman–Crippen LogP) is 2.41. The molecule has 0 spiro atoms. The summed E-state index contributed by atoms with van der Waals surface area (Å²) in [5.41, 5.74) is 5.30. The number of rotatable bonds is 2. The zero-order valence-electron chi connectivity index (χ0n) is 10.1. The molecule has 2 N–H and O–H groups in total. The lowest BCUT2D eigenvalue weighted by molar-refractivity contribution is -0.137. The summed E-state index contributed by atoms with van der Waals surface area (Å²) in [6.07, 6.45) is -3.35. The van der Waals surface area contributed by atoms with E-state index >= 15 is 0 Å². The van der Waals surface area contributed by atoms with E-state index in [-0.39, 0.29) is 23.4 Å². The highest BCUT2D eigenvalue weighted by molar-refractivity contribution is 7.92. The highest BCUT2D eigenvalue weighted by Crippen LogP contribution is 2.33. The molecule has 1 atom stereocenters. The Labute approximate surface area is 109 Å². The Bertz CT molecular complexity index is 581. The molecule has 1 aliphatic heterocycles. The molecular weight excluding hydrogens is 279 g/mol. The Kier molecular flexibility index (Phi) is 3.51. The van der Waals surface area contributed by atoms with Crippen LogP contribution in [0, 0.1) is 0 Å². The minimum atomic E-state index is -4.45. The molecule has 1 aromatic carbocycles. The highest BCUT2D eigenvalue weighted by Gasteiger charge is 2.34. The number of nitrogen functional groups attached to an aromatic ring is 1. The van der Waals surface area contributed by atoms with Gasteiger partial charge in [-0.15, -0.1) is 0 Å². The number of benzene rings is 1. The molecule has 19 heavy (non-hydrogen) atoms. The van der Waals surface area contributed by atoms with Crippen molar-refractivity contribution in [3.05, 3.63) is 29.3 Å². The molecule has 1 aliphatic rings. The molecule has 1 saturated heterocycles. The minimum absolute atomic E-state index is 0.0537. The first-order chi connectivity index (χ1) is 8.70. The Morgan fingerprint density at radius 2 is 2.00 bits per heavy atom. The van der Waals surface area contributed by atoms with Gasteiger partial charge < -0.3 is 5.73 Å². The number of anilines is 1. The lowest BCUT2D eigenvalue weighted by atomic mass is 10.0. The number of nitrogens with two attached hydrogens (primary N) is 1. The first-order valence-electron chi connectivity index (χ1n) is 5.87. The summed E-state index contributed by atoms with van der Waals surface area (Å²) in [6.45, 7) is 0. The van der Waals surface area contributed by atoms with Crippen molar-refractivity contribution in [1.29, 1.82) is 0 Å². The first-order valence-corrected chi connectivity index (χ1v) is 7.59. The van der Waals surface area contributed by atoms with Crippen LogP contribution in [0.4, 0.5) is 18.9 Å². The zero-order valence-corrected chi connectivity index (χ0v) is 10.9. The third-order valence-electron chi connectivity index (χ3n) is 3.38. The molecular formula is C12H14F3NO2S. The van der Waals surface area contributed by atoms with Gasteiger partial charge in [-0.05, 0) is 43.0 Å². The van der Waals surface area contributed by atoms with E-state index in [1.54, 1.807) is 0 Å². The molecule has 0 radical (unpaired) electrons. The third kappa shape index (κ3) is 3.02. The van der Waals surface area contributed by atoms with Crippen LogP contribution in [0.1, 0.15) is 24.0 Å². The maximum atomic E-state index is 12.6. The van der Waals surface area contributed by atoms with E-state index in [1.807, 2.05) is 0 Å². The van der Waals surface area contributed by atoms with Crippen molar-refractivity contribution in [2.24, 2.45) is 0 Å². The van der Waals surface area contributed by atoms with Gasteiger partial charge in [-0.1, -0.05) is 0 Å². The molecule has 0 amide bonds. The van der Waals surface area contributed by atoms with Crippen LogP contribution in [0.5, 0.6) is 0 Å². The molecule has 3 nitrogen and oxygen atoms in total. The van der Waals surface area contributed by atoms with Gasteiger partial charge in [0.25, 0.3) is 0 Å². The van der Waals surface area contributed by atoms with E-state index in [4.69, 9.17) is 5.73 Å². The van der Waals surface area contributed by atoms with Crippen LogP contribution >= 0.6 is 0 Å². The monoisotopic (exact) mass is 293 g/mol. The number of alkyl halides is 3. The Balaban J connectivity index is 2.30. The molecule has 0 aliphatic carbocycles. The number of halogens is 3. The van der Waals surface area contributed by atoms with E-state index < -0.39 is 26.8 Å². The summed E-state index contributed by atoms with van der Waals surface area (Å²) < 4.78 is 61.2. The molecule has 0 aromatic heterocycles. The summed E-state index contributed by atoms with van der Waals surface area (Å²) in [4.78, 5) is 0. The number of sulfone groups is 1. The van der Waals surface area contributed by atoms with Gasteiger partial charge in [0, 0.05) is 5.69 Å². The molecule has 0 bridgehead atoms. The normalized spacial score (nSPS) is 22.6. The molecule has 1 heterocycles. The van der Waals surface area contributed by atoms with Crippen molar-refractivity contribution < 1.29 is 21.6 Å². The fraction of sp³-hybridized carbons (Fsp3) is 0.500. The van der Waals surface area contributed by atoms with Crippen molar-refractivity contribution in [2.45, 2.75) is 30.7 Å². The molecule has 2 rings (SSSR count). The fourth-order valence-electron chi connectivity index (χ4n) is 2.29. The van der Waals surface area contributed by atoms with Gasteiger partial charge in [-0.25, -0.2) is 8.42 Å². The SMILES string of the molecule is Nc1ccc(C(F)(F)F)cc1CC1CCCS1(=O)=O. The van der Waals surface area contributed by atoms with Crippen LogP contribution in [0.25, 0.3) is 0 Å². The van der Waals surface area contributed by atoms with Crippen LogP contribution in [-0.2, 0) is 22.4 Å². The van der Waals surface area contributed by atoms with Gasteiger partial charge in [0.05, 0.1) is 16.6 Å². The summed E-state index contributed by atoms with van der Waals surface area (Å²) in [5, 5.41) is -0.613. The van der Waals surface area contributed by atoms with Crippen LogP contribution < -0.4 is 5.73 Å². The summed E-state index contributed by atoms with van der Waals surface area (Å²) in [7, 11) is -3.19. The highest BCUT2D eigenvalue weighted by atomic mass is 32.2. The maximum absolute atomic E-state index is 12.6. The van der Waals surface area contributed by atoms with Crippen LogP contribution in [0.2, 0.25) is 0 Å². The molecule has 0 saturated carbocycles. The molecule has 7 heteroatoms. The minimum Gasteiger partial charge on any atom is -0.399 e. The van der Waals surface area contributed by atoms with Crippen molar-refractivity contribution in [3.8, 4) is 0 Å². The quantitative estimate of drug-likeness (QED) is 0.852. The van der Waals surface area contributed by atoms with Crippen LogP contribution in [0.15, 0.2) is 18.2 Å². The van der Waals surface area contributed by atoms with Crippen molar-refractivity contribution in [3.63, 3.8) is 0 Å². The van der Waals surface area contributed by atoms with E-state index in [9.17, 15) is 21.6 Å². The second-order valence-corrected chi connectivity index (χ2v) is 7.15. The maximum Gasteiger partial charge on any atom is 0.416 e. The van der Waals surface area contributed by atoms with Crippen molar-refractivity contribution in [2.75, 3.05) is 11.5 Å². The van der Waals surface area contributed by atoms with Gasteiger partial charge >= 0.3 is 6.18 Å². The van der Waals surface area contributed by atoms with E-state index in [1.165, 1.54) is 6.07 Å². The lowest BCUT2D eigenvalue weighted by Gasteiger charge is -2.14. The molecule has 1 unspecified atom stereocenters. The zero-order chi connectivity index (χ0) is 14.3. The molecule has 106 valence electrons. The van der Waals surface area contributed by atoms with Gasteiger partial charge in [-0.2, -0.15) is 13.2 Å². The smallest absolute Gasteiger partial charge is 0.399 e. The van der Waals surface area contributed by atoms with E-state index in [0.717, 1.165) is 12.1 Å². The summed E-state index contributed by atoms with van der Waals surface area (Å²) in [5.74, 6) is 0.108. The average molecular weight is 293 g/mol. The number of hydrogen-bond acceptors (Lipinski definition) is 3. The Morgan fingerprint density at radius 3 is 2.53 bits per heavy atom. The topological polar surface area (TPSA) is 60.2 Å². The summed E-state index contributed by atoms with van der Waals surface area (Å²) >= 11 is 0. The second kappa shape index (κ2) is 4.70. The lowest BCUT2D eigenvalue weighted by Crippen LogP contribution is -2.19. The fourth-order valence-corrected chi connectivity index (χ4v) is 4.15. The Hall–Kier alpha value is -1.24. The van der Waals surface area contributed by atoms with Gasteiger partial charge in [0.15, 0.2) is 9.84 Å². The predicted molar refractivity (Wildman–Crippen MR) is 66.4 cm³/mol. The van der Waals surface area contributed by atoms with Crippen molar-refractivity contribution >= 4 is 15.5 Å². The standard InChI is InChI=1S/C12H14F3NO2S/c13-12(14,15)9-3-4-11(16)8(6-9)7-10-2-1-5-19(10,17)18/h3-4,6,10H,1-2,5,7,16H2. The van der Waals surface area contributed by atoms with Crippen molar-refractivity contribution in [1.82, 2.24) is 0 Å². The van der Waals surface area contributed by atoms with Gasteiger partial charge in [0.2, 0.25) is 0 Å². The first kappa shape index (κ1) is 14.2. The van der Waals surface area contributed by atoms with Crippen LogP contribution in [-0.4, -0.2) is 19.4 Å². The van der Waals surface area contributed by atoms with Crippen LogP contribution in [0.3, 0.4) is 0 Å². The largest absolute Gasteiger partial charge is 0.416 e. The van der Waals surface area contributed by atoms with E-state index in [2.05, 4.69) is 0 Å². The van der Waals surface area contributed by atoms with Gasteiger partial charge in [0.1, 0.15) is 0 Å². The average Bonchev–Trinajstić information content (AvgIpc) is 2.60. The molecule has 1 aromatic rings. The van der Waals surface area contributed by atoms with E-state index in [0.29, 0.717) is 12.8 Å². The van der Waals surface area contributed by atoms with Gasteiger partial charge in [-0.3, -0.25) is 0 Å². The Morgan fingerprint density at radius 1 is 1.32 bits per heavy atom. The third-order valence-corrected chi connectivity index (χ3v) is 5.66. The second-order valence-electron chi connectivity index (χ2n) is 4.75. The summed E-state index contributed by atoms with van der Waals surface area (Å²) in [6, 6.07) is 3.03. The number of hydrogen-bond donors (Lipinski definition) is 1. The molecule has 1 fully saturated rings.